The summed E-state index contributed by atoms with van der Waals surface area (Å²) in [5, 5.41) is 79.8. The summed E-state index contributed by atoms with van der Waals surface area (Å²) >= 11 is 0. The molecule has 1 unspecified atom stereocenters. The average Bonchev–Trinajstić information content (AvgIpc) is 3.47. The molecule has 0 spiro atoms. The number of aliphatic hydroxyl groups is 5. The molecule has 9 N–H and O–H groups in total. The zero-order valence-electron chi connectivity index (χ0n) is 25.6. The number of nitrogens with two attached hydrogens (primary N) is 1. The van der Waals surface area contributed by atoms with Crippen molar-refractivity contribution in [3.63, 3.8) is 0 Å². The summed E-state index contributed by atoms with van der Waals surface area (Å²) in [4.78, 5) is 15.9. The van der Waals surface area contributed by atoms with Crippen LogP contribution in [0.5, 0.6) is 28.7 Å². The molecule has 0 radical (unpaired) electrons. The van der Waals surface area contributed by atoms with Gasteiger partial charge in [0.05, 0.1) is 6.61 Å². The highest BCUT2D eigenvalue weighted by Crippen LogP contribution is 2.52. The van der Waals surface area contributed by atoms with Crippen molar-refractivity contribution in [2.24, 2.45) is 4.99 Å². The van der Waals surface area contributed by atoms with E-state index >= 15 is 0 Å². The normalized spacial score (nSPS) is 27.7. The number of hydrogen-bond acceptors (Lipinski definition) is 12. The minimum atomic E-state index is -1.97. The molecule has 3 heterocycles. The minimum absolute atomic E-state index is 0.0852. The van der Waals surface area contributed by atoms with E-state index < -0.39 is 60.1 Å². The predicted molar refractivity (Wildman–Crippen MR) is 166 cm³/mol. The molecule has 0 amide bonds. The fourth-order valence-electron chi connectivity index (χ4n) is 5.95. The molecule has 48 heavy (non-hydrogen) atoms. The predicted octanol–water partition coefficient (Wildman–Crippen LogP) is 0.665. The molecule has 2 aromatic carbocycles. The second kappa shape index (κ2) is 13.4. The third-order valence-electron chi connectivity index (χ3n) is 8.54. The number of aromatic hydroxyl groups is 1. The highest BCUT2D eigenvalue weighted by molar-refractivity contribution is 6.13. The molecule has 15 nitrogen and oxygen atoms in total. The zero-order chi connectivity index (χ0) is 34.2. The van der Waals surface area contributed by atoms with Gasteiger partial charge in [0.15, 0.2) is 23.3 Å². The van der Waals surface area contributed by atoms with Crippen LogP contribution in [-0.4, -0.2) is 96.4 Å². The number of carboxylic acid groups (broad SMARTS) is 1. The second-order valence-corrected chi connectivity index (χ2v) is 12.0. The molecule has 0 bridgehead atoms. The van der Waals surface area contributed by atoms with Gasteiger partial charge in [0.25, 0.3) is 0 Å². The van der Waals surface area contributed by atoms with Crippen LogP contribution < -0.4 is 24.4 Å². The summed E-state index contributed by atoms with van der Waals surface area (Å²) in [6.45, 7) is 0.369. The molecule has 3 aliphatic heterocycles. The number of hydrogen-bond donors (Lipinski definition) is 8. The number of amidine groups is 1. The number of aliphatic imine (C=N–C) groups is 1. The first kappa shape index (κ1) is 33.2. The standard InChI is InChI=1S/C33H36N2O13/c34-23-9-6-17(35-23)10-13-44-18-7-4-16(5-8-18)20-14-19(36)24-21(45-20)15-22(29(25(24)37)48-33(43)11-2-1-3-12-33)46-32-28(40)26(38)27(39)30(47-32)31(41)42/h4-9,14-15,20,26-28,30,32,34,36-40,43H,1-3,10-13H2,(H,41,42)/p+1/t20?,26-,27+,28-,30+,32-/m1/s1. The number of ether oxygens (including phenoxy) is 5. The first-order valence-corrected chi connectivity index (χ1v) is 15.5. The maximum Gasteiger partial charge on any atom is 0.335 e. The lowest BCUT2D eigenvalue weighted by atomic mass is 9.94. The molecular weight excluding hydrogens is 632 g/mol. The zero-order valence-corrected chi connectivity index (χ0v) is 25.6. The number of carboxylic acids is 1. The van der Waals surface area contributed by atoms with Gasteiger partial charge < -0.3 is 59.4 Å². The van der Waals surface area contributed by atoms with Gasteiger partial charge in [-0.2, -0.15) is 0 Å². The van der Waals surface area contributed by atoms with Crippen LogP contribution in [0.2, 0.25) is 0 Å². The largest absolute Gasteiger partial charge is 0.507 e. The number of rotatable bonds is 10. The quantitative estimate of drug-likeness (QED) is 0.162. The van der Waals surface area contributed by atoms with Gasteiger partial charge in [0.2, 0.25) is 17.8 Å². The van der Waals surface area contributed by atoms with Crippen molar-refractivity contribution in [2.45, 2.75) is 81.1 Å². The third kappa shape index (κ3) is 6.81. The van der Waals surface area contributed by atoms with Crippen LogP contribution in [-0.2, 0) is 9.53 Å². The number of phenolic OH excluding ortho intramolecular Hbond substituents is 1. The Kier molecular flexibility index (Phi) is 9.31. The summed E-state index contributed by atoms with van der Waals surface area (Å²) in [6, 6.07) is 8.12. The van der Waals surface area contributed by atoms with Crippen LogP contribution in [0.15, 0.2) is 53.6 Å². The Labute approximate surface area is 274 Å². The van der Waals surface area contributed by atoms with E-state index in [2.05, 4.69) is 4.99 Å². The maximum atomic E-state index is 11.7. The number of nitrogens with zero attached hydrogens (tertiary/aromatic N) is 1. The number of allylic oxidation sites excluding steroid dienone is 1. The molecule has 15 heteroatoms. The Morgan fingerprint density at radius 2 is 1.75 bits per heavy atom. The van der Waals surface area contributed by atoms with E-state index in [1.54, 1.807) is 30.3 Å². The molecule has 1 saturated carbocycles. The maximum absolute atomic E-state index is 11.7. The number of fused-ring (bicyclic) bond motifs is 1. The third-order valence-corrected chi connectivity index (χ3v) is 8.54. The van der Waals surface area contributed by atoms with E-state index in [4.69, 9.17) is 29.1 Å². The Balaban J connectivity index is 1.27. The molecule has 6 atom stereocenters. The molecule has 1 aliphatic carbocycles. The fraction of sp³-hybridized carbons (Fsp3) is 0.424. The van der Waals surface area contributed by atoms with Crippen molar-refractivity contribution >= 4 is 23.3 Å². The van der Waals surface area contributed by atoms with Crippen molar-refractivity contribution in [1.29, 1.82) is 0 Å². The van der Waals surface area contributed by atoms with Crippen molar-refractivity contribution in [1.82, 2.24) is 0 Å². The monoisotopic (exact) mass is 669 g/mol. The van der Waals surface area contributed by atoms with Gasteiger partial charge in [-0.05, 0) is 41.6 Å². The molecule has 4 aliphatic rings. The van der Waals surface area contributed by atoms with E-state index in [1.807, 2.05) is 6.08 Å². The van der Waals surface area contributed by atoms with Gasteiger partial charge in [0.1, 0.15) is 47.2 Å². The van der Waals surface area contributed by atoms with Crippen LogP contribution in [0.25, 0.3) is 5.76 Å². The molecule has 0 aromatic heterocycles. The van der Waals surface area contributed by atoms with Gasteiger partial charge in [-0.3, -0.25) is 5.41 Å². The molecule has 1 saturated heterocycles. The molecule has 2 aromatic rings. The van der Waals surface area contributed by atoms with Gasteiger partial charge in [-0.1, -0.05) is 18.6 Å². The summed E-state index contributed by atoms with van der Waals surface area (Å²) in [7, 11) is 0. The van der Waals surface area contributed by atoms with Crippen LogP contribution in [0.3, 0.4) is 0 Å². The average molecular weight is 670 g/mol. The summed E-state index contributed by atoms with van der Waals surface area (Å²) < 4.78 is 28.9. The highest BCUT2D eigenvalue weighted by atomic mass is 16.7. The van der Waals surface area contributed by atoms with Gasteiger partial charge in [0, 0.05) is 37.5 Å². The van der Waals surface area contributed by atoms with Crippen LogP contribution in [0.1, 0.15) is 55.8 Å². The van der Waals surface area contributed by atoms with Gasteiger partial charge in [-0.25, -0.2) is 4.79 Å². The van der Waals surface area contributed by atoms with Gasteiger partial charge in [-0.15, -0.1) is 0 Å². The van der Waals surface area contributed by atoms with Crippen molar-refractivity contribution in [2.75, 3.05) is 6.61 Å². The van der Waals surface area contributed by atoms with E-state index in [0.717, 1.165) is 12.1 Å². The van der Waals surface area contributed by atoms with E-state index in [0.29, 0.717) is 43.0 Å². The van der Waals surface area contributed by atoms with E-state index in [1.165, 1.54) is 12.1 Å². The summed E-state index contributed by atoms with van der Waals surface area (Å²) in [6.07, 6.45) is -2.51. The lowest BCUT2D eigenvalue weighted by Gasteiger charge is -2.39. The topological polar surface area (TPSA) is 243 Å². The molecular formula is C33H37N2O13+. The van der Waals surface area contributed by atoms with Gasteiger partial charge >= 0.3 is 11.8 Å². The summed E-state index contributed by atoms with van der Waals surface area (Å²) in [5.74, 6) is -4.24. The Hall–Kier alpha value is -4.67. The Morgan fingerprint density at radius 3 is 2.42 bits per heavy atom. The first-order valence-electron chi connectivity index (χ1n) is 15.5. The lowest BCUT2D eigenvalue weighted by molar-refractivity contribution is -0.271. The minimum Gasteiger partial charge on any atom is -0.507 e. The fourth-order valence-corrected chi connectivity index (χ4v) is 5.95. The smallest absolute Gasteiger partial charge is 0.335 e. The SMILES string of the molecule is [NH2+]=C1C=CC(CCOc2ccc(C3C=C(O)c4c(cc(O[C@@H]5O[C@H](C(=O)O)[C@@H](O)[C@@H](O)[C@H]5O)c(OC5(O)CCCCC5)c4O)O3)cc2)=N1. The van der Waals surface area contributed by atoms with Crippen LogP contribution >= 0.6 is 0 Å². The molecule has 256 valence electrons. The number of phenols is 1. The first-order chi connectivity index (χ1) is 22.9. The van der Waals surface area contributed by atoms with Crippen molar-refractivity contribution in [3.8, 4) is 28.7 Å². The summed E-state index contributed by atoms with van der Waals surface area (Å²) in [5.41, 5.74) is 1.25. The molecule has 2 fully saturated rings. The number of aliphatic carboxylic acids is 1. The Bertz CT molecular complexity index is 1650. The number of aliphatic hydroxyl groups excluding tert-OH is 4. The van der Waals surface area contributed by atoms with Crippen molar-refractivity contribution < 1.29 is 69.6 Å². The second-order valence-electron chi connectivity index (χ2n) is 12.0. The highest BCUT2D eigenvalue weighted by Gasteiger charge is 2.49. The van der Waals surface area contributed by atoms with Crippen molar-refractivity contribution in [3.05, 3.63) is 59.7 Å². The number of benzene rings is 2. The number of carbonyl (C=O) groups is 1. The lowest BCUT2D eigenvalue weighted by Crippen LogP contribution is -2.61. The Morgan fingerprint density at radius 1 is 1.02 bits per heavy atom. The van der Waals surface area contributed by atoms with Crippen LogP contribution in [0.4, 0.5) is 0 Å². The molecule has 6 rings (SSSR count). The van der Waals surface area contributed by atoms with E-state index in [-0.39, 0.29) is 35.7 Å². The van der Waals surface area contributed by atoms with Crippen LogP contribution in [0, 0.1) is 0 Å². The van der Waals surface area contributed by atoms with E-state index in [9.17, 15) is 40.5 Å².